The topological polar surface area (TPSA) is 88.1 Å². The molecule has 0 saturated heterocycles. The quantitative estimate of drug-likeness (QED) is 0.782. The number of hydroxylamine groups is 1. The van der Waals surface area contributed by atoms with Gasteiger partial charge in [-0.3, -0.25) is 4.84 Å². The Labute approximate surface area is 109 Å². The highest BCUT2D eigenvalue weighted by Crippen LogP contribution is 2.22. The summed E-state index contributed by atoms with van der Waals surface area (Å²) in [6, 6.07) is 6.97. The van der Waals surface area contributed by atoms with Crippen LogP contribution in [0.4, 0.5) is 4.79 Å². The van der Waals surface area contributed by atoms with Crippen molar-refractivity contribution < 1.29 is 24.3 Å². The Hall–Kier alpha value is -2.28. The number of rotatable bonds is 3. The third-order valence-electron chi connectivity index (χ3n) is 2.59. The first kappa shape index (κ1) is 13.2. The van der Waals surface area contributed by atoms with E-state index in [-0.39, 0.29) is 0 Å². The zero-order valence-electron chi connectivity index (χ0n) is 10.2. The van der Waals surface area contributed by atoms with E-state index in [0.717, 1.165) is 11.3 Å². The summed E-state index contributed by atoms with van der Waals surface area (Å²) in [7, 11) is 0. The Kier molecular flexibility index (Phi) is 4.19. The van der Waals surface area contributed by atoms with Crippen molar-refractivity contribution in [2.24, 2.45) is 0 Å². The highest BCUT2D eigenvalue weighted by molar-refractivity contribution is 5.74. The third-order valence-corrected chi connectivity index (χ3v) is 2.59. The van der Waals surface area contributed by atoms with Crippen LogP contribution < -0.4 is 10.2 Å². The Bertz CT molecular complexity index is 477. The number of para-hydroxylation sites is 1. The van der Waals surface area contributed by atoms with Gasteiger partial charge in [-0.2, -0.15) is 0 Å². The van der Waals surface area contributed by atoms with Crippen molar-refractivity contribution in [3.8, 4) is 5.75 Å². The average molecular weight is 266 g/mol. The van der Waals surface area contributed by atoms with Gasteiger partial charge in [-0.15, -0.1) is 0 Å². The van der Waals surface area contributed by atoms with Crippen LogP contribution in [0.2, 0.25) is 0 Å². The van der Waals surface area contributed by atoms with Crippen LogP contribution in [-0.2, 0) is 16.2 Å². The Morgan fingerprint density at radius 2 is 2.21 bits per heavy atom. The van der Waals surface area contributed by atoms with E-state index < -0.39 is 18.6 Å². The molecule has 7 heteroatoms. The van der Waals surface area contributed by atoms with Gasteiger partial charge in [0.05, 0.1) is 13.1 Å². The number of amides is 2. The van der Waals surface area contributed by atoms with Crippen LogP contribution in [0.25, 0.3) is 0 Å². The fourth-order valence-corrected chi connectivity index (χ4v) is 1.72. The Morgan fingerprint density at radius 1 is 1.42 bits per heavy atom. The molecule has 0 aliphatic carbocycles. The molecule has 102 valence electrons. The van der Waals surface area contributed by atoms with Gasteiger partial charge in [-0.25, -0.2) is 15.1 Å². The smallest absolute Gasteiger partial charge is 0.341 e. The molecule has 7 nitrogen and oxygen atoms in total. The fraction of sp³-hybridized carbons (Fsp3) is 0.333. The first-order valence-electron chi connectivity index (χ1n) is 5.76. The Morgan fingerprint density at radius 3 is 3.00 bits per heavy atom. The van der Waals surface area contributed by atoms with E-state index in [0.29, 0.717) is 19.7 Å². The maximum atomic E-state index is 11.8. The van der Waals surface area contributed by atoms with E-state index in [1.165, 1.54) is 4.90 Å². The summed E-state index contributed by atoms with van der Waals surface area (Å²) in [5, 5.41) is 8.40. The number of nitrogens with zero attached hydrogens (tertiary/aromatic N) is 1. The van der Waals surface area contributed by atoms with E-state index in [2.05, 4.69) is 10.3 Å². The van der Waals surface area contributed by atoms with Crippen molar-refractivity contribution in [2.45, 2.75) is 6.54 Å². The molecule has 0 spiro atoms. The van der Waals surface area contributed by atoms with Gasteiger partial charge in [0.15, 0.2) is 6.61 Å². The molecule has 1 aliphatic heterocycles. The largest absolute Gasteiger partial charge is 0.491 e. The summed E-state index contributed by atoms with van der Waals surface area (Å²) in [4.78, 5) is 28.1. The van der Waals surface area contributed by atoms with Crippen LogP contribution >= 0.6 is 0 Å². The van der Waals surface area contributed by atoms with Crippen LogP contribution in [-0.4, -0.2) is 41.8 Å². The third kappa shape index (κ3) is 3.59. The second-order valence-corrected chi connectivity index (χ2v) is 3.97. The zero-order chi connectivity index (χ0) is 13.7. The van der Waals surface area contributed by atoms with Gasteiger partial charge in [-0.1, -0.05) is 18.2 Å². The monoisotopic (exact) mass is 266 g/mol. The lowest BCUT2D eigenvalue weighted by atomic mass is 10.2. The molecule has 0 bridgehead atoms. The summed E-state index contributed by atoms with van der Waals surface area (Å²) >= 11 is 0. The fourth-order valence-electron chi connectivity index (χ4n) is 1.72. The number of benzene rings is 1. The minimum atomic E-state index is -1.15. The van der Waals surface area contributed by atoms with E-state index in [4.69, 9.17) is 9.84 Å². The zero-order valence-corrected chi connectivity index (χ0v) is 10.2. The highest BCUT2D eigenvalue weighted by Gasteiger charge is 2.19. The van der Waals surface area contributed by atoms with E-state index >= 15 is 0 Å². The van der Waals surface area contributed by atoms with Crippen molar-refractivity contribution in [1.29, 1.82) is 0 Å². The summed E-state index contributed by atoms with van der Waals surface area (Å²) in [5.74, 6) is -0.394. The molecule has 0 aromatic heterocycles. The van der Waals surface area contributed by atoms with Crippen LogP contribution in [0.3, 0.4) is 0 Å². The van der Waals surface area contributed by atoms with Crippen LogP contribution in [0.1, 0.15) is 5.56 Å². The molecule has 0 radical (unpaired) electrons. The van der Waals surface area contributed by atoms with Gasteiger partial charge in [0.1, 0.15) is 12.4 Å². The Balaban J connectivity index is 1.94. The molecule has 0 fully saturated rings. The lowest BCUT2D eigenvalue weighted by Crippen LogP contribution is -2.41. The molecule has 2 amide bonds. The minimum absolute atomic E-state index is 0.378. The summed E-state index contributed by atoms with van der Waals surface area (Å²) in [6.07, 6.45) is 0. The normalized spacial score (nSPS) is 14.0. The number of carboxylic acid groups (broad SMARTS) is 1. The lowest BCUT2D eigenvalue weighted by molar-refractivity contribution is -0.144. The molecule has 19 heavy (non-hydrogen) atoms. The number of aliphatic carboxylic acids is 1. The van der Waals surface area contributed by atoms with Crippen LogP contribution in [0.5, 0.6) is 5.75 Å². The van der Waals surface area contributed by atoms with Gasteiger partial charge >= 0.3 is 12.0 Å². The molecule has 1 aromatic carbocycles. The second-order valence-electron chi connectivity index (χ2n) is 3.97. The van der Waals surface area contributed by atoms with Gasteiger partial charge in [-0.05, 0) is 6.07 Å². The molecule has 2 N–H and O–H groups in total. The molecule has 0 saturated carbocycles. The van der Waals surface area contributed by atoms with Crippen molar-refractivity contribution in [3.63, 3.8) is 0 Å². The van der Waals surface area contributed by atoms with E-state index in [1.807, 2.05) is 24.3 Å². The summed E-state index contributed by atoms with van der Waals surface area (Å²) in [6.45, 7) is 0.589. The van der Waals surface area contributed by atoms with Gasteiger partial charge in [0, 0.05) is 5.56 Å². The molecule has 0 unspecified atom stereocenters. The number of hydrogen-bond donors (Lipinski definition) is 2. The number of hydrogen-bond acceptors (Lipinski definition) is 4. The molecule has 2 rings (SSSR count). The van der Waals surface area contributed by atoms with E-state index in [1.54, 1.807) is 0 Å². The summed E-state index contributed by atoms with van der Waals surface area (Å²) in [5.41, 5.74) is 2.99. The number of carboxylic acids is 1. The standard InChI is InChI=1S/C12H14N2O5/c15-11(16)8-19-13-12(17)14-5-6-18-10-4-2-1-3-9(10)7-14/h1-4H,5-8H2,(H,13,17)(H,15,16). The predicted molar refractivity (Wildman–Crippen MR) is 64.5 cm³/mol. The second kappa shape index (κ2) is 6.05. The maximum Gasteiger partial charge on any atom is 0.341 e. The molecular weight excluding hydrogens is 252 g/mol. The van der Waals surface area contributed by atoms with Gasteiger partial charge < -0.3 is 14.7 Å². The number of carbonyl (C=O) groups excluding carboxylic acids is 1. The van der Waals surface area contributed by atoms with Crippen LogP contribution in [0, 0.1) is 0 Å². The highest BCUT2D eigenvalue weighted by atomic mass is 16.7. The van der Waals surface area contributed by atoms with Gasteiger partial charge in [0.25, 0.3) is 0 Å². The first-order valence-corrected chi connectivity index (χ1v) is 5.76. The number of nitrogens with one attached hydrogen (secondary N) is 1. The van der Waals surface area contributed by atoms with Crippen molar-refractivity contribution >= 4 is 12.0 Å². The summed E-state index contributed by atoms with van der Waals surface area (Å²) < 4.78 is 5.51. The average Bonchev–Trinajstić information content (AvgIpc) is 2.60. The minimum Gasteiger partial charge on any atom is -0.491 e. The molecule has 1 aliphatic rings. The van der Waals surface area contributed by atoms with Crippen molar-refractivity contribution in [3.05, 3.63) is 29.8 Å². The van der Waals surface area contributed by atoms with Crippen molar-refractivity contribution in [1.82, 2.24) is 10.4 Å². The molecule has 1 aromatic rings. The molecule has 0 atom stereocenters. The molecular formula is C12H14N2O5. The maximum absolute atomic E-state index is 11.8. The number of ether oxygens (including phenoxy) is 1. The predicted octanol–water partition coefficient (Wildman–Crippen LogP) is 0.607. The lowest BCUT2D eigenvalue weighted by Gasteiger charge is -2.19. The van der Waals surface area contributed by atoms with Crippen molar-refractivity contribution in [2.75, 3.05) is 19.8 Å². The first-order chi connectivity index (χ1) is 9.16. The molecule has 1 heterocycles. The van der Waals surface area contributed by atoms with Crippen LogP contribution in [0.15, 0.2) is 24.3 Å². The van der Waals surface area contributed by atoms with E-state index in [9.17, 15) is 9.59 Å². The number of carbonyl (C=O) groups is 2. The number of urea groups is 1. The SMILES string of the molecule is O=C(O)CONC(=O)N1CCOc2ccccc2C1. The number of fused-ring (bicyclic) bond motifs is 1. The van der Waals surface area contributed by atoms with Gasteiger partial charge in [0.2, 0.25) is 0 Å².